The van der Waals surface area contributed by atoms with E-state index in [2.05, 4.69) is 0 Å². The monoisotopic (exact) mass is 215 g/mol. The molecule has 1 aromatic carbocycles. The topological polar surface area (TPSA) is 86.5 Å². The van der Waals surface area contributed by atoms with E-state index in [9.17, 15) is 13.2 Å². The summed E-state index contributed by atoms with van der Waals surface area (Å²) in [5, 5.41) is 4.89. The van der Waals surface area contributed by atoms with E-state index in [1.54, 1.807) is 0 Å². The highest BCUT2D eigenvalue weighted by Gasteiger charge is 2.11. The van der Waals surface area contributed by atoms with E-state index in [-0.39, 0.29) is 10.5 Å². The summed E-state index contributed by atoms with van der Waals surface area (Å²) in [5.41, 5.74) is 0.152. The van der Waals surface area contributed by atoms with Gasteiger partial charge in [0.25, 0.3) is 0 Å². The van der Waals surface area contributed by atoms with E-state index < -0.39 is 10.0 Å². The van der Waals surface area contributed by atoms with E-state index >= 15 is 0 Å². The fourth-order valence-electron chi connectivity index (χ4n) is 0.982. The summed E-state index contributed by atoms with van der Waals surface area (Å²) in [7, 11) is -2.39. The molecule has 0 bridgehead atoms. The summed E-state index contributed by atoms with van der Waals surface area (Å²) < 4.78 is 26.7. The van der Waals surface area contributed by atoms with Crippen molar-refractivity contribution in [3.63, 3.8) is 0 Å². The van der Waals surface area contributed by atoms with Gasteiger partial charge in [0.1, 0.15) is 5.75 Å². The normalized spacial score (nSPS) is 11.0. The predicted octanol–water partition coefficient (Wildman–Crippen LogP) is 0.155. The molecule has 0 saturated carbocycles. The van der Waals surface area contributed by atoms with Crippen LogP contribution in [-0.2, 0) is 10.0 Å². The van der Waals surface area contributed by atoms with Crippen LogP contribution in [0.5, 0.6) is 5.75 Å². The van der Waals surface area contributed by atoms with E-state index in [1.807, 2.05) is 0 Å². The Morgan fingerprint density at radius 2 is 2.07 bits per heavy atom. The van der Waals surface area contributed by atoms with Gasteiger partial charge in [-0.25, -0.2) is 13.6 Å². The third-order valence-corrected chi connectivity index (χ3v) is 2.57. The van der Waals surface area contributed by atoms with Gasteiger partial charge in [-0.1, -0.05) is 0 Å². The molecule has 5 nitrogen and oxygen atoms in total. The zero-order chi connectivity index (χ0) is 10.8. The first-order valence-corrected chi connectivity index (χ1v) is 5.19. The summed E-state index contributed by atoms with van der Waals surface area (Å²) >= 11 is 0. The Morgan fingerprint density at radius 1 is 1.43 bits per heavy atom. The third kappa shape index (κ3) is 2.09. The highest BCUT2D eigenvalue weighted by molar-refractivity contribution is 7.89. The maximum atomic E-state index is 10.9. The second-order valence-corrected chi connectivity index (χ2v) is 4.13. The molecular weight excluding hydrogens is 206 g/mol. The van der Waals surface area contributed by atoms with E-state index in [0.717, 1.165) is 0 Å². The molecule has 0 aliphatic heterocycles. The first kappa shape index (κ1) is 10.7. The minimum absolute atomic E-state index is 0.111. The molecule has 0 aromatic heterocycles. The Kier molecular flexibility index (Phi) is 2.87. The third-order valence-electron chi connectivity index (χ3n) is 1.66. The van der Waals surface area contributed by atoms with Crippen molar-refractivity contribution in [2.24, 2.45) is 5.14 Å². The Labute approximate surface area is 81.5 Å². The molecule has 14 heavy (non-hydrogen) atoms. The summed E-state index contributed by atoms with van der Waals surface area (Å²) in [5.74, 6) is 0.312. The van der Waals surface area contributed by atoms with Gasteiger partial charge in [0.15, 0.2) is 6.29 Å². The molecule has 6 heteroatoms. The number of benzene rings is 1. The van der Waals surface area contributed by atoms with Crippen LogP contribution in [0.2, 0.25) is 0 Å². The number of methoxy groups -OCH3 is 1. The lowest BCUT2D eigenvalue weighted by Crippen LogP contribution is -2.12. The summed E-state index contributed by atoms with van der Waals surface area (Å²) in [6.07, 6.45) is 0.507. The molecule has 0 spiro atoms. The van der Waals surface area contributed by atoms with Gasteiger partial charge in [0.2, 0.25) is 10.0 Å². The lowest BCUT2D eigenvalue weighted by molar-refractivity contribution is 0.112. The number of primary sulfonamides is 1. The molecule has 76 valence electrons. The zero-order valence-corrected chi connectivity index (χ0v) is 8.24. The number of sulfonamides is 1. The average Bonchev–Trinajstić information content (AvgIpc) is 2.15. The SMILES string of the molecule is COc1ccc(S(N)(=O)=O)cc1C=O. The maximum Gasteiger partial charge on any atom is 0.238 e. The maximum absolute atomic E-state index is 10.9. The molecule has 0 fully saturated rings. The summed E-state index contributed by atoms with van der Waals surface area (Å²) in [4.78, 5) is 10.4. The number of aldehydes is 1. The van der Waals surface area contributed by atoms with E-state index in [4.69, 9.17) is 9.88 Å². The Balaban J connectivity index is 3.35. The molecule has 0 heterocycles. The molecule has 0 saturated heterocycles. The highest BCUT2D eigenvalue weighted by Crippen LogP contribution is 2.19. The molecule has 0 amide bonds. The van der Waals surface area contributed by atoms with Crippen LogP contribution in [0.25, 0.3) is 0 Å². The number of hydrogen-bond donors (Lipinski definition) is 1. The van der Waals surface area contributed by atoms with Crippen LogP contribution in [0.4, 0.5) is 0 Å². The van der Waals surface area contributed by atoms with Crippen molar-refractivity contribution in [3.05, 3.63) is 23.8 Å². The number of nitrogens with two attached hydrogens (primary N) is 1. The second-order valence-electron chi connectivity index (χ2n) is 2.57. The van der Waals surface area contributed by atoms with Gasteiger partial charge in [-0.05, 0) is 18.2 Å². The fourth-order valence-corrected chi connectivity index (χ4v) is 1.53. The quantitative estimate of drug-likeness (QED) is 0.727. The smallest absolute Gasteiger partial charge is 0.238 e. The number of rotatable bonds is 3. The molecular formula is C8H9NO4S. The number of carbonyl (C=O) groups excluding carboxylic acids is 1. The van der Waals surface area contributed by atoms with Crippen molar-refractivity contribution < 1.29 is 17.9 Å². The van der Waals surface area contributed by atoms with Gasteiger partial charge in [-0.3, -0.25) is 4.79 Å². The van der Waals surface area contributed by atoms with Crippen LogP contribution in [0.3, 0.4) is 0 Å². The van der Waals surface area contributed by atoms with Crippen molar-refractivity contribution in [2.45, 2.75) is 4.90 Å². The molecule has 1 aromatic rings. The summed E-state index contributed by atoms with van der Waals surface area (Å²) in [6.45, 7) is 0. The van der Waals surface area contributed by atoms with Gasteiger partial charge >= 0.3 is 0 Å². The van der Waals surface area contributed by atoms with Crippen LogP contribution in [0.15, 0.2) is 23.1 Å². The largest absolute Gasteiger partial charge is 0.496 e. The number of hydrogen-bond acceptors (Lipinski definition) is 4. The van der Waals surface area contributed by atoms with Crippen molar-refractivity contribution in [1.82, 2.24) is 0 Å². The van der Waals surface area contributed by atoms with Crippen LogP contribution in [0.1, 0.15) is 10.4 Å². The summed E-state index contributed by atoms with van der Waals surface area (Å²) in [6, 6.07) is 3.83. The minimum Gasteiger partial charge on any atom is -0.496 e. The molecule has 0 atom stereocenters. The fraction of sp³-hybridized carbons (Fsp3) is 0.125. The highest BCUT2D eigenvalue weighted by atomic mass is 32.2. The van der Waals surface area contributed by atoms with Gasteiger partial charge < -0.3 is 4.74 Å². The molecule has 1 rings (SSSR count). The van der Waals surface area contributed by atoms with Gasteiger partial charge in [0, 0.05) is 0 Å². The van der Waals surface area contributed by atoms with Gasteiger partial charge in [-0.15, -0.1) is 0 Å². The minimum atomic E-state index is -3.77. The predicted molar refractivity (Wildman–Crippen MR) is 49.8 cm³/mol. The van der Waals surface area contributed by atoms with Crippen LogP contribution >= 0.6 is 0 Å². The number of ether oxygens (including phenoxy) is 1. The average molecular weight is 215 g/mol. The van der Waals surface area contributed by atoms with Crippen molar-refractivity contribution in [3.8, 4) is 5.75 Å². The Bertz CT molecular complexity index is 452. The molecule has 0 radical (unpaired) electrons. The first-order valence-electron chi connectivity index (χ1n) is 3.65. The molecule has 0 unspecified atom stereocenters. The van der Waals surface area contributed by atoms with Gasteiger partial charge in [-0.2, -0.15) is 0 Å². The van der Waals surface area contributed by atoms with Crippen molar-refractivity contribution in [2.75, 3.05) is 7.11 Å². The molecule has 0 aliphatic rings. The zero-order valence-electron chi connectivity index (χ0n) is 7.43. The standard InChI is InChI=1S/C8H9NO4S/c1-13-8-3-2-7(14(9,11)12)4-6(8)5-10/h2-5H,1H3,(H2,9,11,12). The van der Waals surface area contributed by atoms with Crippen LogP contribution in [0, 0.1) is 0 Å². The second kappa shape index (κ2) is 3.77. The first-order chi connectivity index (χ1) is 6.49. The Morgan fingerprint density at radius 3 is 2.50 bits per heavy atom. The molecule has 2 N–H and O–H groups in total. The van der Waals surface area contributed by atoms with E-state index in [0.29, 0.717) is 12.0 Å². The van der Waals surface area contributed by atoms with Crippen LogP contribution < -0.4 is 9.88 Å². The van der Waals surface area contributed by atoms with Gasteiger partial charge in [0.05, 0.1) is 17.6 Å². The lowest BCUT2D eigenvalue weighted by Gasteiger charge is -2.04. The Hall–Kier alpha value is -1.40. The lowest BCUT2D eigenvalue weighted by atomic mass is 10.2. The van der Waals surface area contributed by atoms with Crippen molar-refractivity contribution in [1.29, 1.82) is 0 Å². The van der Waals surface area contributed by atoms with Crippen molar-refractivity contribution >= 4 is 16.3 Å². The molecule has 0 aliphatic carbocycles. The van der Waals surface area contributed by atoms with Crippen LogP contribution in [-0.4, -0.2) is 21.8 Å². The van der Waals surface area contributed by atoms with E-state index in [1.165, 1.54) is 25.3 Å². The number of carbonyl (C=O) groups is 1.